The van der Waals surface area contributed by atoms with E-state index in [0.717, 1.165) is 18.0 Å². The van der Waals surface area contributed by atoms with Crippen LogP contribution in [0.15, 0.2) is 0 Å². The maximum absolute atomic E-state index is 6.03. The molecule has 3 heteroatoms. The van der Waals surface area contributed by atoms with Crippen molar-refractivity contribution < 1.29 is 0 Å². The van der Waals surface area contributed by atoms with Crippen molar-refractivity contribution in [2.45, 2.75) is 71.0 Å². The number of hydrogen-bond acceptors (Lipinski definition) is 3. The van der Waals surface area contributed by atoms with E-state index >= 15 is 0 Å². The molecule has 3 nitrogen and oxygen atoms in total. The second kappa shape index (κ2) is 5.58. The van der Waals surface area contributed by atoms with Gasteiger partial charge < -0.3 is 5.73 Å². The predicted octanol–water partition coefficient (Wildman–Crippen LogP) is 2.31. The van der Waals surface area contributed by atoms with Gasteiger partial charge in [0.15, 0.2) is 0 Å². The summed E-state index contributed by atoms with van der Waals surface area (Å²) in [4.78, 5) is 5.52. The van der Waals surface area contributed by atoms with Crippen molar-refractivity contribution in [3.05, 3.63) is 0 Å². The minimum Gasteiger partial charge on any atom is -0.328 e. The summed E-state index contributed by atoms with van der Waals surface area (Å²) in [5.41, 5.74) is 6.59. The lowest BCUT2D eigenvalue weighted by molar-refractivity contribution is 0.136. The molecule has 2 heterocycles. The lowest BCUT2D eigenvalue weighted by atomic mass is 9.91. The first-order valence-electron chi connectivity index (χ1n) is 8.68. The van der Waals surface area contributed by atoms with E-state index in [1.165, 1.54) is 58.3 Å². The molecule has 0 radical (unpaired) electrons. The Morgan fingerprint density at radius 1 is 0.950 bits per heavy atom. The van der Waals surface area contributed by atoms with Crippen molar-refractivity contribution in [2.75, 3.05) is 26.2 Å². The molecule has 0 aromatic carbocycles. The van der Waals surface area contributed by atoms with Crippen LogP contribution >= 0.6 is 0 Å². The molecule has 0 aromatic rings. The zero-order valence-electron chi connectivity index (χ0n) is 13.6. The fourth-order valence-electron chi connectivity index (χ4n) is 5.00. The van der Waals surface area contributed by atoms with E-state index in [-0.39, 0.29) is 0 Å². The van der Waals surface area contributed by atoms with E-state index < -0.39 is 0 Å². The Morgan fingerprint density at radius 3 is 2.20 bits per heavy atom. The van der Waals surface area contributed by atoms with E-state index in [1.54, 1.807) is 0 Å². The summed E-state index contributed by atoms with van der Waals surface area (Å²) in [6, 6.07) is 2.10. The Hall–Kier alpha value is -0.120. The largest absolute Gasteiger partial charge is 0.328 e. The van der Waals surface area contributed by atoms with E-state index in [9.17, 15) is 0 Å². The molecule has 3 atom stereocenters. The Balaban J connectivity index is 1.55. The van der Waals surface area contributed by atoms with Gasteiger partial charge in [-0.2, -0.15) is 0 Å². The highest BCUT2D eigenvalue weighted by atomic mass is 15.3. The summed E-state index contributed by atoms with van der Waals surface area (Å²) in [5, 5.41) is 0. The monoisotopic (exact) mass is 279 g/mol. The Morgan fingerprint density at radius 2 is 1.60 bits per heavy atom. The average molecular weight is 279 g/mol. The van der Waals surface area contributed by atoms with Crippen LogP contribution in [0.5, 0.6) is 0 Å². The Kier molecular flexibility index (Phi) is 4.13. The lowest BCUT2D eigenvalue weighted by Gasteiger charge is -2.35. The van der Waals surface area contributed by atoms with Gasteiger partial charge >= 0.3 is 0 Å². The van der Waals surface area contributed by atoms with Crippen molar-refractivity contribution in [3.8, 4) is 0 Å². The van der Waals surface area contributed by atoms with Gasteiger partial charge in [0, 0.05) is 31.2 Å². The molecule has 2 saturated heterocycles. The fraction of sp³-hybridized carbons (Fsp3) is 1.00. The van der Waals surface area contributed by atoms with Gasteiger partial charge in [0.25, 0.3) is 0 Å². The third-order valence-electron chi connectivity index (χ3n) is 6.05. The van der Waals surface area contributed by atoms with E-state index in [1.807, 2.05) is 0 Å². The molecule has 3 aliphatic rings. The van der Waals surface area contributed by atoms with Crippen LogP contribution < -0.4 is 5.73 Å². The van der Waals surface area contributed by atoms with Crippen molar-refractivity contribution in [1.29, 1.82) is 0 Å². The minimum atomic E-state index is 0.458. The van der Waals surface area contributed by atoms with E-state index in [0.29, 0.717) is 11.5 Å². The molecule has 0 spiro atoms. The van der Waals surface area contributed by atoms with Gasteiger partial charge in [-0.15, -0.1) is 0 Å². The third-order valence-corrected chi connectivity index (χ3v) is 6.05. The maximum Gasteiger partial charge on any atom is 0.0235 e. The quantitative estimate of drug-likeness (QED) is 0.842. The Labute approximate surface area is 124 Å². The van der Waals surface area contributed by atoms with Gasteiger partial charge in [0.1, 0.15) is 0 Å². The van der Waals surface area contributed by atoms with Crippen LogP contribution in [-0.2, 0) is 0 Å². The standard InChI is InChI=1S/C17H33N3/c1-13-10-17(2,3)11-16(13)20-9-6-15(12-20)19-7-4-14(18)5-8-19/h13-16H,4-12,18H2,1-3H3. The first-order valence-corrected chi connectivity index (χ1v) is 8.68. The van der Waals surface area contributed by atoms with Gasteiger partial charge in [-0.25, -0.2) is 0 Å². The smallest absolute Gasteiger partial charge is 0.0235 e. The number of hydrogen-bond donors (Lipinski definition) is 1. The molecule has 0 amide bonds. The van der Waals surface area contributed by atoms with Crippen LogP contribution in [0.2, 0.25) is 0 Å². The van der Waals surface area contributed by atoms with Crippen molar-refractivity contribution in [3.63, 3.8) is 0 Å². The fourth-order valence-corrected chi connectivity index (χ4v) is 5.00. The zero-order valence-corrected chi connectivity index (χ0v) is 13.6. The van der Waals surface area contributed by atoms with Crippen LogP contribution in [0, 0.1) is 11.3 Å². The molecule has 3 fully saturated rings. The van der Waals surface area contributed by atoms with Crippen molar-refractivity contribution >= 4 is 0 Å². The molecule has 1 aliphatic carbocycles. The molecule has 3 rings (SSSR count). The molecule has 2 N–H and O–H groups in total. The maximum atomic E-state index is 6.03. The summed E-state index contributed by atoms with van der Waals surface area (Å²) in [5.74, 6) is 0.874. The first-order chi connectivity index (χ1) is 9.44. The molecular weight excluding hydrogens is 246 g/mol. The summed E-state index contributed by atoms with van der Waals surface area (Å²) in [6.07, 6.45) is 6.56. The molecule has 116 valence electrons. The molecule has 0 aromatic heterocycles. The molecule has 0 bridgehead atoms. The summed E-state index contributed by atoms with van der Waals surface area (Å²) >= 11 is 0. The summed E-state index contributed by atoms with van der Waals surface area (Å²) in [6.45, 7) is 12.4. The second-order valence-electron chi connectivity index (χ2n) is 8.43. The SMILES string of the molecule is CC1CC(C)(C)CC1N1CCC(N2CCC(N)CC2)C1. The topological polar surface area (TPSA) is 32.5 Å². The predicted molar refractivity (Wildman–Crippen MR) is 84.7 cm³/mol. The number of rotatable bonds is 2. The van der Waals surface area contributed by atoms with Crippen LogP contribution in [0.25, 0.3) is 0 Å². The van der Waals surface area contributed by atoms with Gasteiger partial charge in [0.05, 0.1) is 0 Å². The number of nitrogens with two attached hydrogens (primary N) is 1. The third kappa shape index (κ3) is 3.05. The van der Waals surface area contributed by atoms with Crippen LogP contribution in [-0.4, -0.2) is 54.1 Å². The van der Waals surface area contributed by atoms with Gasteiger partial charge in [-0.3, -0.25) is 9.80 Å². The van der Waals surface area contributed by atoms with E-state index in [4.69, 9.17) is 5.73 Å². The van der Waals surface area contributed by atoms with Gasteiger partial charge in [-0.05, 0) is 56.5 Å². The summed E-state index contributed by atoms with van der Waals surface area (Å²) in [7, 11) is 0. The average Bonchev–Trinajstić information content (AvgIpc) is 2.94. The number of likely N-dealkylation sites (tertiary alicyclic amines) is 2. The summed E-state index contributed by atoms with van der Waals surface area (Å²) < 4.78 is 0. The molecule has 3 unspecified atom stereocenters. The van der Waals surface area contributed by atoms with Crippen LogP contribution in [0.1, 0.15) is 52.9 Å². The highest BCUT2D eigenvalue weighted by Crippen LogP contribution is 2.44. The van der Waals surface area contributed by atoms with E-state index in [2.05, 4.69) is 30.6 Å². The second-order valence-corrected chi connectivity index (χ2v) is 8.43. The molecule has 1 saturated carbocycles. The van der Waals surface area contributed by atoms with Gasteiger partial charge in [-0.1, -0.05) is 20.8 Å². The highest BCUT2D eigenvalue weighted by molar-refractivity contribution is 4.97. The minimum absolute atomic E-state index is 0.458. The van der Waals surface area contributed by atoms with Crippen LogP contribution in [0.3, 0.4) is 0 Å². The molecule has 2 aliphatic heterocycles. The number of piperidine rings is 1. The normalized spacial score (nSPS) is 40.5. The van der Waals surface area contributed by atoms with Crippen LogP contribution in [0.4, 0.5) is 0 Å². The molecular formula is C17H33N3. The number of nitrogens with zero attached hydrogens (tertiary/aromatic N) is 2. The Bertz CT molecular complexity index is 333. The first kappa shape index (κ1) is 14.8. The van der Waals surface area contributed by atoms with Gasteiger partial charge in [0.2, 0.25) is 0 Å². The molecule has 20 heavy (non-hydrogen) atoms. The lowest BCUT2D eigenvalue weighted by Crippen LogP contribution is -2.47. The highest BCUT2D eigenvalue weighted by Gasteiger charge is 2.42. The van der Waals surface area contributed by atoms with Crippen molar-refractivity contribution in [2.24, 2.45) is 17.1 Å². The van der Waals surface area contributed by atoms with Crippen molar-refractivity contribution in [1.82, 2.24) is 9.80 Å². The zero-order chi connectivity index (χ0) is 14.3.